The third-order valence-electron chi connectivity index (χ3n) is 4.94. The highest BCUT2D eigenvalue weighted by Gasteiger charge is 2.25. The Morgan fingerprint density at radius 1 is 1.00 bits per heavy atom. The molecule has 1 rings (SSSR count). The second kappa shape index (κ2) is 12.5. The molecule has 2 nitrogen and oxygen atoms in total. The Balaban J connectivity index is 2.11. The molecule has 0 aliphatic heterocycles. The summed E-state index contributed by atoms with van der Waals surface area (Å²) in [4.78, 5) is 10.3. The summed E-state index contributed by atoms with van der Waals surface area (Å²) in [5.41, 5.74) is 0. The van der Waals surface area contributed by atoms with Gasteiger partial charge in [-0.3, -0.25) is 0 Å². The molecule has 0 unspecified atom stereocenters. The highest BCUT2D eigenvalue weighted by atomic mass is 16.4. The van der Waals surface area contributed by atoms with Crippen LogP contribution in [0.4, 0.5) is 0 Å². The van der Waals surface area contributed by atoms with Gasteiger partial charge < -0.3 is 5.11 Å². The summed E-state index contributed by atoms with van der Waals surface area (Å²) < 4.78 is 0. The Morgan fingerprint density at radius 2 is 1.68 bits per heavy atom. The maximum absolute atomic E-state index is 10.3. The number of unbranched alkanes of at least 4 members (excludes halogenated alkanes) is 5. The summed E-state index contributed by atoms with van der Waals surface area (Å²) in [5.74, 6) is 0.984. The van der Waals surface area contributed by atoms with Gasteiger partial charge in [0.2, 0.25) is 0 Å². The molecule has 0 heterocycles. The van der Waals surface area contributed by atoms with Gasteiger partial charge in [0.1, 0.15) is 0 Å². The van der Waals surface area contributed by atoms with Crippen LogP contribution in [0.5, 0.6) is 0 Å². The zero-order chi connectivity index (χ0) is 16.0. The van der Waals surface area contributed by atoms with Crippen molar-refractivity contribution in [2.24, 2.45) is 11.8 Å². The zero-order valence-corrected chi connectivity index (χ0v) is 14.3. The number of carboxylic acids is 1. The Labute approximate surface area is 136 Å². The predicted octanol–water partition coefficient (Wildman–Crippen LogP) is 6.13. The first kappa shape index (κ1) is 19.0. The fourth-order valence-corrected chi connectivity index (χ4v) is 3.68. The molecule has 1 N–H and O–H groups in total. The van der Waals surface area contributed by atoms with E-state index in [-0.39, 0.29) is 0 Å². The quantitative estimate of drug-likeness (QED) is 0.267. The molecule has 1 aliphatic rings. The minimum absolute atomic E-state index is 0.876. The lowest BCUT2D eigenvalue weighted by molar-refractivity contribution is -0.131. The molecule has 0 amide bonds. The topological polar surface area (TPSA) is 37.3 Å². The number of aliphatic carboxylic acids is 1. The lowest BCUT2D eigenvalue weighted by Gasteiger charge is -2.18. The summed E-state index contributed by atoms with van der Waals surface area (Å²) in [5, 5.41) is 8.51. The van der Waals surface area contributed by atoms with Gasteiger partial charge in [0.25, 0.3) is 0 Å². The van der Waals surface area contributed by atoms with E-state index in [1.807, 2.05) is 6.08 Å². The zero-order valence-electron chi connectivity index (χ0n) is 14.3. The van der Waals surface area contributed by atoms with Crippen LogP contribution in [0.15, 0.2) is 24.3 Å². The highest BCUT2D eigenvalue weighted by Crippen LogP contribution is 2.38. The second-order valence-corrected chi connectivity index (χ2v) is 6.71. The summed E-state index contributed by atoms with van der Waals surface area (Å²) in [6, 6.07) is 0. The molecule has 0 radical (unpaired) electrons. The Bertz CT molecular complexity index is 344. The van der Waals surface area contributed by atoms with E-state index in [1.54, 1.807) is 6.08 Å². The van der Waals surface area contributed by atoms with Gasteiger partial charge >= 0.3 is 5.97 Å². The summed E-state index contributed by atoms with van der Waals surface area (Å²) >= 11 is 0. The number of hydrogen-bond donors (Lipinski definition) is 1. The van der Waals surface area contributed by atoms with Crippen molar-refractivity contribution < 1.29 is 9.90 Å². The van der Waals surface area contributed by atoms with E-state index in [4.69, 9.17) is 5.11 Å². The number of hydrogen-bond acceptors (Lipinski definition) is 1. The Kier molecular flexibility index (Phi) is 10.8. The first-order valence-corrected chi connectivity index (χ1v) is 9.30. The van der Waals surface area contributed by atoms with Crippen LogP contribution in [0.2, 0.25) is 0 Å². The molecule has 0 aromatic carbocycles. The van der Waals surface area contributed by atoms with Gasteiger partial charge in [0.05, 0.1) is 0 Å². The van der Waals surface area contributed by atoms with Crippen LogP contribution >= 0.6 is 0 Å². The van der Waals surface area contributed by atoms with E-state index in [9.17, 15) is 4.79 Å². The van der Waals surface area contributed by atoms with Crippen molar-refractivity contribution in [3.05, 3.63) is 24.3 Å². The van der Waals surface area contributed by atoms with Crippen LogP contribution in [-0.4, -0.2) is 11.1 Å². The minimum Gasteiger partial charge on any atom is -0.478 e. The van der Waals surface area contributed by atoms with Crippen LogP contribution in [-0.2, 0) is 4.79 Å². The Hall–Kier alpha value is -1.05. The van der Waals surface area contributed by atoms with Crippen LogP contribution < -0.4 is 0 Å². The van der Waals surface area contributed by atoms with Crippen LogP contribution in [0.3, 0.4) is 0 Å². The maximum Gasteiger partial charge on any atom is 0.328 e. The van der Waals surface area contributed by atoms with Crippen molar-refractivity contribution >= 4 is 5.97 Å². The van der Waals surface area contributed by atoms with Gasteiger partial charge in [-0.15, -0.1) is 0 Å². The van der Waals surface area contributed by atoms with Crippen molar-refractivity contribution in [2.45, 2.75) is 84.0 Å². The van der Waals surface area contributed by atoms with Gasteiger partial charge in [0.15, 0.2) is 0 Å². The Morgan fingerprint density at radius 3 is 2.41 bits per heavy atom. The average molecular weight is 306 g/mol. The first-order chi connectivity index (χ1) is 10.7. The van der Waals surface area contributed by atoms with Crippen molar-refractivity contribution in [2.75, 3.05) is 0 Å². The summed E-state index contributed by atoms with van der Waals surface area (Å²) in [7, 11) is 0. The molecule has 0 aromatic rings. The van der Waals surface area contributed by atoms with Crippen molar-refractivity contribution in [3.8, 4) is 0 Å². The first-order valence-electron chi connectivity index (χ1n) is 9.30. The SMILES string of the molecule is CCCCCCCC[C@H]1CCC[C@@H]1CCC=C/C=C/C(=O)O. The lowest BCUT2D eigenvalue weighted by atomic mass is 9.87. The number of allylic oxidation sites excluding steroid dienone is 3. The molecular weight excluding hydrogens is 272 g/mol. The molecule has 1 fully saturated rings. The molecule has 126 valence electrons. The third-order valence-corrected chi connectivity index (χ3v) is 4.94. The van der Waals surface area contributed by atoms with Crippen LogP contribution in [0, 0.1) is 11.8 Å². The molecule has 2 atom stereocenters. The van der Waals surface area contributed by atoms with Crippen molar-refractivity contribution in [1.82, 2.24) is 0 Å². The largest absolute Gasteiger partial charge is 0.478 e. The monoisotopic (exact) mass is 306 g/mol. The molecule has 1 saturated carbocycles. The average Bonchev–Trinajstić information content (AvgIpc) is 2.93. The summed E-state index contributed by atoms with van der Waals surface area (Å²) in [6.45, 7) is 2.27. The number of carbonyl (C=O) groups is 1. The predicted molar refractivity (Wildman–Crippen MR) is 94.0 cm³/mol. The van der Waals surface area contributed by atoms with Gasteiger partial charge in [0, 0.05) is 6.08 Å². The smallest absolute Gasteiger partial charge is 0.328 e. The highest BCUT2D eigenvalue weighted by molar-refractivity contribution is 5.80. The van der Waals surface area contributed by atoms with Gasteiger partial charge in [-0.25, -0.2) is 4.79 Å². The molecule has 0 bridgehead atoms. The number of rotatable bonds is 12. The molecule has 0 spiro atoms. The summed E-state index contributed by atoms with van der Waals surface area (Å²) in [6.07, 6.45) is 23.2. The van der Waals surface area contributed by atoms with Crippen LogP contribution in [0.25, 0.3) is 0 Å². The molecule has 22 heavy (non-hydrogen) atoms. The minimum atomic E-state index is -0.876. The van der Waals surface area contributed by atoms with Gasteiger partial charge in [-0.2, -0.15) is 0 Å². The third kappa shape index (κ3) is 9.07. The van der Waals surface area contributed by atoms with Crippen LogP contribution in [0.1, 0.15) is 84.0 Å². The van der Waals surface area contributed by atoms with Crippen molar-refractivity contribution in [3.63, 3.8) is 0 Å². The normalized spacial score (nSPS) is 22.0. The lowest BCUT2D eigenvalue weighted by Crippen LogP contribution is -2.07. The van der Waals surface area contributed by atoms with E-state index < -0.39 is 5.97 Å². The van der Waals surface area contributed by atoms with Crippen molar-refractivity contribution in [1.29, 1.82) is 0 Å². The van der Waals surface area contributed by atoms with Gasteiger partial charge in [-0.1, -0.05) is 89.4 Å². The fraction of sp³-hybridized carbons (Fsp3) is 0.750. The fourth-order valence-electron chi connectivity index (χ4n) is 3.68. The number of carboxylic acid groups (broad SMARTS) is 1. The van der Waals surface area contributed by atoms with E-state index in [2.05, 4.69) is 13.0 Å². The molecule has 0 aromatic heterocycles. The van der Waals surface area contributed by atoms with Gasteiger partial charge in [-0.05, 0) is 24.7 Å². The molecule has 0 saturated heterocycles. The standard InChI is InChI=1S/C20H34O2/c1-2-3-4-5-6-9-13-18-15-12-16-19(18)14-10-7-8-11-17-20(21)22/h7-8,11,17-19H,2-6,9-10,12-16H2,1H3,(H,21,22)/b8-7?,17-11+/t18-,19-/m0/s1. The molecular formula is C20H34O2. The van der Waals surface area contributed by atoms with E-state index in [0.29, 0.717) is 0 Å². The molecule has 1 aliphatic carbocycles. The second-order valence-electron chi connectivity index (χ2n) is 6.71. The van der Waals surface area contributed by atoms with E-state index >= 15 is 0 Å². The van der Waals surface area contributed by atoms with E-state index in [1.165, 1.54) is 76.7 Å². The maximum atomic E-state index is 10.3. The molecule has 2 heteroatoms. The van der Waals surface area contributed by atoms with E-state index in [0.717, 1.165) is 18.3 Å².